The van der Waals surface area contributed by atoms with Gasteiger partial charge in [0, 0.05) is 17.7 Å². The second kappa shape index (κ2) is 9.73. The molecule has 0 aliphatic carbocycles. The molecule has 2 aromatic rings. The number of alkyl carbamates (subject to hydrolysis) is 1. The number of nitrogens with one attached hydrogen (secondary N) is 2. The van der Waals surface area contributed by atoms with Gasteiger partial charge in [-0.25, -0.2) is 9.59 Å². The third kappa shape index (κ3) is 7.29. The summed E-state index contributed by atoms with van der Waals surface area (Å²) in [5.41, 5.74) is 1.29. The second-order valence-electron chi connectivity index (χ2n) is 7.44. The molecule has 0 saturated heterocycles. The third-order valence-electron chi connectivity index (χ3n) is 3.86. The van der Waals surface area contributed by atoms with Gasteiger partial charge in [-0.3, -0.25) is 4.79 Å². The van der Waals surface area contributed by atoms with Gasteiger partial charge in [-0.2, -0.15) is 0 Å². The predicted molar refractivity (Wildman–Crippen MR) is 110 cm³/mol. The topological polar surface area (TPSA) is 93.7 Å². The van der Waals surface area contributed by atoms with Crippen LogP contribution in [0, 0.1) is 0 Å². The minimum Gasteiger partial charge on any atom is -0.467 e. The van der Waals surface area contributed by atoms with E-state index in [1.165, 1.54) is 7.11 Å². The summed E-state index contributed by atoms with van der Waals surface area (Å²) >= 11 is 0. The first-order valence-corrected chi connectivity index (χ1v) is 9.20. The van der Waals surface area contributed by atoms with Gasteiger partial charge in [-0.05, 0) is 50.6 Å². The van der Waals surface area contributed by atoms with E-state index in [0.717, 1.165) is 5.56 Å². The minimum atomic E-state index is -0.889. The quantitative estimate of drug-likeness (QED) is 0.726. The lowest BCUT2D eigenvalue weighted by Crippen LogP contribution is -2.45. The van der Waals surface area contributed by atoms with Gasteiger partial charge < -0.3 is 20.1 Å². The number of hydrogen-bond acceptors (Lipinski definition) is 5. The molecule has 0 radical (unpaired) electrons. The van der Waals surface area contributed by atoms with E-state index < -0.39 is 23.7 Å². The SMILES string of the molecule is COC(=O)[C@@H](Cc1ccc(NC(=O)c2ccccc2)cc1)NC(=O)OC(C)(C)C. The molecule has 0 aromatic heterocycles. The summed E-state index contributed by atoms with van der Waals surface area (Å²) in [5, 5.41) is 5.35. The molecular weight excluding hydrogens is 372 g/mol. The van der Waals surface area contributed by atoms with Crippen LogP contribution < -0.4 is 10.6 Å². The number of esters is 1. The fourth-order valence-corrected chi connectivity index (χ4v) is 2.54. The molecule has 2 amide bonds. The number of ether oxygens (including phenoxy) is 2. The van der Waals surface area contributed by atoms with E-state index in [4.69, 9.17) is 9.47 Å². The van der Waals surface area contributed by atoms with Crippen molar-refractivity contribution in [3.8, 4) is 0 Å². The number of carbonyl (C=O) groups is 3. The second-order valence-corrected chi connectivity index (χ2v) is 7.44. The maximum atomic E-state index is 12.2. The Bertz CT molecular complexity index is 842. The molecule has 0 aliphatic heterocycles. The molecule has 1 atom stereocenters. The summed E-state index contributed by atoms with van der Waals surface area (Å²) in [4.78, 5) is 36.2. The Morgan fingerprint density at radius 2 is 1.59 bits per heavy atom. The maximum absolute atomic E-state index is 12.2. The zero-order valence-electron chi connectivity index (χ0n) is 17.0. The molecule has 0 fully saturated rings. The van der Waals surface area contributed by atoms with Crippen molar-refractivity contribution in [2.24, 2.45) is 0 Å². The summed E-state index contributed by atoms with van der Waals surface area (Å²) in [6.07, 6.45) is -0.474. The Hall–Kier alpha value is -3.35. The third-order valence-corrected chi connectivity index (χ3v) is 3.86. The van der Waals surface area contributed by atoms with Crippen LogP contribution >= 0.6 is 0 Å². The monoisotopic (exact) mass is 398 g/mol. The van der Waals surface area contributed by atoms with Crippen LogP contribution in [0.1, 0.15) is 36.7 Å². The number of amides is 2. The van der Waals surface area contributed by atoms with Gasteiger partial charge in [-0.1, -0.05) is 30.3 Å². The van der Waals surface area contributed by atoms with Gasteiger partial charge in [0.25, 0.3) is 5.91 Å². The Kier molecular flexibility index (Phi) is 7.36. The largest absolute Gasteiger partial charge is 0.467 e. The fourth-order valence-electron chi connectivity index (χ4n) is 2.54. The standard InChI is InChI=1S/C22H26N2O5/c1-22(2,3)29-21(27)24-18(20(26)28-4)14-15-10-12-17(13-11-15)23-19(25)16-8-6-5-7-9-16/h5-13,18H,14H2,1-4H3,(H,23,25)(H,24,27)/t18-/m1/s1. The molecule has 0 aliphatic rings. The van der Waals surface area contributed by atoms with E-state index >= 15 is 0 Å². The van der Waals surface area contributed by atoms with E-state index in [-0.39, 0.29) is 12.3 Å². The molecule has 0 saturated carbocycles. The van der Waals surface area contributed by atoms with Crippen LogP contribution in [-0.2, 0) is 20.7 Å². The first-order chi connectivity index (χ1) is 13.7. The average molecular weight is 398 g/mol. The molecule has 2 N–H and O–H groups in total. The van der Waals surface area contributed by atoms with Crippen molar-refractivity contribution in [2.45, 2.75) is 38.8 Å². The van der Waals surface area contributed by atoms with Crippen LogP contribution in [0.3, 0.4) is 0 Å². The van der Waals surface area contributed by atoms with E-state index in [9.17, 15) is 14.4 Å². The summed E-state index contributed by atoms with van der Waals surface area (Å²) in [6.45, 7) is 5.21. The Morgan fingerprint density at radius 1 is 0.966 bits per heavy atom. The number of hydrogen-bond donors (Lipinski definition) is 2. The highest BCUT2D eigenvalue weighted by Gasteiger charge is 2.25. The van der Waals surface area contributed by atoms with E-state index in [1.807, 2.05) is 6.07 Å². The predicted octanol–water partition coefficient (Wildman–Crippen LogP) is 3.55. The number of benzene rings is 2. The van der Waals surface area contributed by atoms with Gasteiger partial charge in [0.15, 0.2) is 0 Å². The van der Waals surface area contributed by atoms with Crippen LogP contribution in [0.25, 0.3) is 0 Å². The molecule has 0 heterocycles. The van der Waals surface area contributed by atoms with Crippen LogP contribution in [-0.4, -0.2) is 36.7 Å². The molecule has 7 nitrogen and oxygen atoms in total. The zero-order valence-corrected chi connectivity index (χ0v) is 17.0. The fraction of sp³-hybridized carbons (Fsp3) is 0.318. The summed E-state index contributed by atoms with van der Waals surface area (Å²) in [6, 6.07) is 15.0. The van der Waals surface area contributed by atoms with Crippen molar-refractivity contribution in [1.82, 2.24) is 5.32 Å². The first-order valence-electron chi connectivity index (χ1n) is 9.20. The Labute approximate surface area is 170 Å². The van der Waals surface area contributed by atoms with Gasteiger partial charge in [0.2, 0.25) is 0 Å². The molecule has 7 heteroatoms. The molecule has 29 heavy (non-hydrogen) atoms. The molecule has 2 aromatic carbocycles. The van der Waals surface area contributed by atoms with Crippen LogP contribution in [0.5, 0.6) is 0 Å². The molecule has 0 unspecified atom stereocenters. The maximum Gasteiger partial charge on any atom is 0.408 e. The van der Waals surface area contributed by atoms with Gasteiger partial charge in [0.1, 0.15) is 11.6 Å². The number of rotatable bonds is 6. The van der Waals surface area contributed by atoms with E-state index in [1.54, 1.807) is 69.3 Å². The highest BCUT2D eigenvalue weighted by Crippen LogP contribution is 2.14. The first kappa shape index (κ1) is 21.9. The highest BCUT2D eigenvalue weighted by atomic mass is 16.6. The lowest BCUT2D eigenvalue weighted by molar-refractivity contribution is -0.143. The lowest BCUT2D eigenvalue weighted by atomic mass is 10.1. The van der Waals surface area contributed by atoms with Crippen LogP contribution in [0.4, 0.5) is 10.5 Å². The summed E-state index contributed by atoms with van der Waals surface area (Å²) in [5.74, 6) is -0.783. The molecule has 0 spiro atoms. The summed E-state index contributed by atoms with van der Waals surface area (Å²) < 4.78 is 9.97. The van der Waals surface area contributed by atoms with Gasteiger partial charge >= 0.3 is 12.1 Å². The van der Waals surface area contributed by atoms with E-state index in [0.29, 0.717) is 11.3 Å². The molecule has 154 valence electrons. The lowest BCUT2D eigenvalue weighted by Gasteiger charge is -2.22. The van der Waals surface area contributed by atoms with Gasteiger partial charge in [0.05, 0.1) is 7.11 Å². The minimum absolute atomic E-state index is 0.211. The normalized spacial score (nSPS) is 11.9. The number of carbonyl (C=O) groups excluding carboxylic acids is 3. The zero-order chi connectivity index (χ0) is 21.4. The smallest absolute Gasteiger partial charge is 0.408 e. The Morgan fingerprint density at radius 3 is 2.14 bits per heavy atom. The molecule has 0 bridgehead atoms. The number of methoxy groups -OCH3 is 1. The van der Waals surface area contributed by atoms with Crippen molar-refractivity contribution < 1.29 is 23.9 Å². The van der Waals surface area contributed by atoms with E-state index in [2.05, 4.69) is 10.6 Å². The average Bonchev–Trinajstić information content (AvgIpc) is 2.67. The van der Waals surface area contributed by atoms with Crippen molar-refractivity contribution in [2.75, 3.05) is 12.4 Å². The van der Waals surface area contributed by atoms with Crippen LogP contribution in [0.2, 0.25) is 0 Å². The molecule has 2 rings (SSSR count). The van der Waals surface area contributed by atoms with Crippen LogP contribution in [0.15, 0.2) is 54.6 Å². The van der Waals surface area contributed by atoms with Crippen molar-refractivity contribution >= 4 is 23.7 Å². The highest BCUT2D eigenvalue weighted by molar-refractivity contribution is 6.04. The van der Waals surface area contributed by atoms with Crippen molar-refractivity contribution in [1.29, 1.82) is 0 Å². The van der Waals surface area contributed by atoms with Crippen molar-refractivity contribution in [3.05, 3.63) is 65.7 Å². The number of anilines is 1. The van der Waals surface area contributed by atoms with Gasteiger partial charge in [-0.15, -0.1) is 0 Å². The Balaban J connectivity index is 2.01. The van der Waals surface area contributed by atoms with Crippen molar-refractivity contribution in [3.63, 3.8) is 0 Å². The summed E-state index contributed by atoms with van der Waals surface area (Å²) in [7, 11) is 1.26. The molecular formula is C22H26N2O5.